The van der Waals surface area contributed by atoms with Crippen molar-refractivity contribution in [3.8, 4) is 0 Å². The predicted molar refractivity (Wildman–Crippen MR) is 164 cm³/mol. The summed E-state index contributed by atoms with van der Waals surface area (Å²) in [5.74, 6) is 0.0125. The number of hydrogen-bond donors (Lipinski definition) is 4. The van der Waals surface area contributed by atoms with Crippen LogP contribution in [-0.4, -0.2) is 68.5 Å². The van der Waals surface area contributed by atoms with Gasteiger partial charge in [0.05, 0.1) is 22.1 Å². The maximum absolute atomic E-state index is 13.6. The van der Waals surface area contributed by atoms with Crippen molar-refractivity contribution in [1.29, 1.82) is 0 Å². The molecule has 0 saturated heterocycles. The number of fused-ring (bicyclic) bond motifs is 1. The van der Waals surface area contributed by atoms with Gasteiger partial charge in [0.1, 0.15) is 12.1 Å². The number of carbonyl (C=O) groups is 2. The fourth-order valence-electron chi connectivity index (χ4n) is 4.38. The van der Waals surface area contributed by atoms with Crippen LogP contribution < -0.4 is 30.1 Å². The van der Waals surface area contributed by atoms with E-state index in [9.17, 15) is 26.4 Å². The number of sulfonamides is 1. The molecule has 18 heteroatoms. The van der Waals surface area contributed by atoms with E-state index in [1.807, 2.05) is 41.6 Å². The Balaban J connectivity index is 1.78. The Bertz CT molecular complexity index is 1950. The van der Waals surface area contributed by atoms with Gasteiger partial charge in [0, 0.05) is 37.1 Å². The number of benzene rings is 2. The van der Waals surface area contributed by atoms with Gasteiger partial charge in [-0.3, -0.25) is 4.68 Å². The van der Waals surface area contributed by atoms with Crippen LogP contribution in [0.3, 0.4) is 0 Å². The van der Waals surface area contributed by atoms with E-state index in [1.165, 1.54) is 25.3 Å². The maximum atomic E-state index is 13.6. The smallest absolute Gasteiger partial charge is 0.330 e. The van der Waals surface area contributed by atoms with Crippen LogP contribution in [0.1, 0.15) is 17.7 Å². The highest BCUT2D eigenvalue weighted by molar-refractivity contribution is 7.89. The second-order valence-electron chi connectivity index (χ2n) is 9.86. The van der Waals surface area contributed by atoms with Gasteiger partial charge in [-0.1, -0.05) is 6.07 Å². The van der Waals surface area contributed by atoms with Gasteiger partial charge in [-0.2, -0.15) is 23.2 Å². The summed E-state index contributed by atoms with van der Waals surface area (Å²) in [5, 5.41) is 10.9. The summed E-state index contributed by atoms with van der Waals surface area (Å²) in [7, 11) is -5.27. The molecule has 0 bridgehead atoms. The third kappa shape index (κ3) is 7.00. The van der Waals surface area contributed by atoms with E-state index in [2.05, 4.69) is 15.1 Å². The number of hydrogen-bond acceptors (Lipinski definition) is 11. The minimum Gasteiger partial charge on any atom is -0.330 e. The molecule has 2 aromatic carbocycles. The highest BCUT2D eigenvalue weighted by Crippen LogP contribution is 2.31. The molecule has 0 radical (unpaired) electrons. The summed E-state index contributed by atoms with van der Waals surface area (Å²) in [6.45, 7) is 3.46. The van der Waals surface area contributed by atoms with Crippen molar-refractivity contribution in [2.75, 3.05) is 23.4 Å². The lowest BCUT2D eigenvalue weighted by Crippen LogP contribution is -2.49. The monoisotopic (exact) mass is 644 g/mol. The summed E-state index contributed by atoms with van der Waals surface area (Å²) in [6, 6.07) is 8.62. The number of nitrogens with zero attached hydrogens (tertiary/aromatic N) is 6. The molecular weight excluding hydrogens is 612 g/mol. The zero-order valence-corrected chi connectivity index (χ0v) is 25.9. The molecule has 0 aliphatic carbocycles. The first-order valence-electron chi connectivity index (χ1n) is 13.1. The average Bonchev–Trinajstić information content (AvgIpc) is 3.24. The van der Waals surface area contributed by atoms with E-state index < -0.39 is 32.3 Å². The topological polar surface area (TPSA) is 229 Å². The van der Waals surface area contributed by atoms with E-state index in [1.54, 1.807) is 22.7 Å². The molecular formula is C26H32N10O6S2. The van der Waals surface area contributed by atoms with Gasteiger partial charge in [0.15, 0.2) is 0 Å². The highest BCUT2D eigenvalue weighted by Gasteiger charge is 2.28. The third-order valence-corrected chi connectivity index (χ3v) is 8.89. The fraction of sp³-hybridized carbons (Fsp3) is 0.269. The molecule has 0 unspecified atom stereocenters. The van der Waals surface area contributed by atoms with Gasteiger partial charge < -0.3 is 15.4 Å². The second kappa shape index (κ2) is 12.6. The Labute approximate surface area is 254 Å². The SMILES string of the molecule is Cc1ccc(N(C(=O)NS(=O)(=O)N[C@H](C=O)CCN)c2nccc(N(C)c3ccc4c(C)n(C)nc4c3)n2)cc1S(N)(=O)=O. The van der Waals surface area contributed by atoms with E-state index in [0.717, 1.165) is 27.6 Å². The van der Waals surface area contributed by atoms with Crippen molar-refractivity contribution < 1.29 is 26.4 Å². The first-order chi connectivity index (χ1) is 20.6. The maximum Gasteiger partial charge on any atom is 0.343 e. The van der Waals surface area contributed by atoms with Gasteiger partial charge in [0.25, 0.3) is 0 Å². The number of aromatic nitrogens is 4. The molecule has 6 N–H and O–H groups in total. The summed E-state index contributed by atoms with van der Waals surface area (Å²) in [5.41, 5.74) is 8.06. The zero-order valence-electron chi connectivity index (χ0n) is 24.3. The van der Waals surface area contributed by atoms with Crippen molar-refractivity contribution in [3.63, 3.8) is 0 Å². The molecule has 0 aliphatic heterocycles. The molecule has 0 fully saturated rings. The molecule has 0 spiro atoms. The number of anilines is 4. The van der Waals surface area contributed by atoms with Crippen LogP contribution in [0.2, 0.25) is 0 Å². The van der Waals surface area contributed by atoms with Crippen LogP contribution in [-0.2, 0) is 32.1 Å². The lowest BCUT2D eigenvalue weighted by Gasteiger charge is -2.24. The number of nitrogens with one attached hydrogen (secondary N) is 2. The Morgan fingerprint density at radius 2 is 1.80 bits per heavy atom. The molecule has 0 saturated carbocycles. The Kier molecular flexibility index (Phi) is 9.30. The van der Waals surface area contributed by atoms with Gasteiger partial charge in [-0.05, 0) is 68.8 Å². The minimum atomic E-state index is -4.61. The average molecular weight is 645 g/mol. The van der Waals surface area contributed by atoms with Gasteiger partial charge >= 0.3 is 16.2 Å². The molecule has 4 aromatic rings. The van der Waals surface area contributed by atoms with Crippen molar-refractivity contribution in [1.82, 2.24) is 29.2 Å². The van der Waals surface area contributed by atoms with E-state index in [-0.39, 0.29) is 35.1 Å². The standard InChI is InChI=1S/C26H32N10O6S2/c1-16-5-6-20(14-23(16)43(28,39)40)36(26(38)33-44(41,42)32-18(15-37)9-11-27)25-29-12-10-24(30-25)34(3)19-7-8-21-17(2)35(4)31-22(21)13-19/h5-8,10,12-15,18,32H,9,11,27H2,1-4H3,(H,33,38)(H2,28,39,40)/t18-/m0/s1. The second-order valence-corrected chi connectivity index (χ2v) is 12.8. The molecule has 1 atom stereocenters. The number of rotatable bonds is 11. The first-order valence-corrected chi connectivity index (χ1v) is 16.1. The van der Waals surface area contributed by atoms with E-state index in [0.29, 0.717) is 17.8 Å². The number of aldehydes is 1. The van der Waals surface area contributed by atoms with Crippen molar-refractivity contribution in [2.24, 2.45) is 17.9 Å². The number of carbonyl (C=O) groups excluding carboxylic acids is 2. The van der Waals surface area contributed by atoms with Crippen LogP contribution in [0.5, 0.6) is 0 Å². The number of nitrogens with two attached hydrogens (primary N) is 2. The van der Waals surface area contributed by atoms with Crippen molar-refractivity contribution in [3.05, 3.63) is 59.9 Å². The van der Waals surface area contributed by atoms with E-state index in [4.69, 9.17) is 10.9 Å². The highest BCUT2D eigenvalue weighted by atomic mass is 32.2. The lowest BCUT2D eigenvalue weighted by atomic mass is 10.2. The molecule has 4 rings (SSSR count). The quantitative estimate of drug-likeness (QED) is 0.168. The lowest BCUT2D eigenvalue weighted by molar-refractivity contribution is -0.109. The Hall–Kier alpha value is -4.49. The Morgan fingerprint density at radius 1 is 1.09 bits per heavy atom. The molecule has 2 aromatic heterocycles. The van der Waals surface area contributed by atoms with E-state index >= 15 is 0 Å². The fourth-order valence-corrected chi connectivity index (χ4v) is 6.13. The number of urea groups is 1. The molecule has 234 valence electrons. The number of primary sulfonamides is 1. The molecule has 2 heterocycles. The number of aryl methyl sites for hydroxylation is 3. The normalized spacial score (nSPS) is 12.6. The summed E-state index contributed by atoms with van der Waals surface area (Å²) in [4.78, 5) is 35.7. The van der Waals surface area contributed by atoms with Gasteiger partial charge in [-0.15, -0.1) is 0 Å². The first kappa shape index (κ1) is 32.4. The molecule has 0 aliphatic rings. The van der Waals surface area contributed by atoms with Crippen molar-refractivity contribution in [2.45, 2.75) is 31.2 Å². The molecule has 16 nitrogen and oxygen atoms in total. The summed E-state index contributed by atoms with van der Waals surface area (Å²) < 4.78 is 55.7. The van der Waals surface area contributed by atoms with Crippen LogP contribution in [0.4, 0.5) is 27.9 Å². The zero-order chi connectivity index (χ0) is 32.4. The summed E-state index contributed by atoms with van der Waals surface area (Å²) in [6.07, 6.45) is 1.68. The van der Waals surface area contributed by atoms with Crippen LogP contribution in [0, 0.1) is 13.8 Å². The molecule has 2 amide bonds. The van der Waals surface area contributed by atoms with Gasteiger partial charge in [-0.25, -0.2) is 33.0 Å². The van der Waals surface area contributed by atoms with Crippen LogP contribution in [0.15, 0.2) is 53.6 Å². The van der Waals surface area contributed by atoms with Crippen LogP contribution in [0.25, 0.3) is 10.9 Å². The third-order valence-electron chi connectivity index (χ3n) is 6.78. The van der Waals surface area contributed by atoms with Crippen LogP contribution >= 0.6 is 0 Å². The Morgan fingerprint density at radius 3 is 2.45 bits per heavy atom. The minimum absolute atomic E-state index is 0.00668. The van der Waals surface area contributed by atoms with Crippen molar-refractivity contribution >= 4 is 66.6 Å². The summed E-state index contributed by atoms with van der Waals surface area (Å²) >= 11 is 0. The predicted octanol–water partition coefficient (Wildman–Crippen LogP) is 0.994. The molecule has 44 heavy (non-hydrogen) atoms. The number of amides is 2. The van der Waals surface area contributed by atoms with Gasteiger partial charge in [0.2, 0.25) is 16.0 Å². The largest absolute Gasteiger partial charge is 0.343 e.